The third-order valence-corrected chi connectivity index (χ3v) is 4.52. The molecule has 1 saturated heterocycles. The minimum Gasteiger partial charge on any atom is -0.393 e. The van der Waals surface area contributed by atoms with Crippen LogP contribution < -0.4 is 16.0 Å². The summed E-state index contributed by atoms with van der Waals surface area (Å²) in [5.41, 5.74) is 9.45. The van der Waals surface area contributed by atoms with Crippen LogP contribution in [0.3, 0.4) is 0 Å². The van der Waals surface area contributed by atoms with E-state index < -0.39 is 0 Å². The lowest BCUT2D eigenvalue weighted by molar-refractivity contribution is 0.481. The first-order valence-electron chi connectivity index (χ1n) is 8.31. The Morgan fingerprint density at radius 3 is 2.74 bits per heavy atom. The number of rotatable bonds is 4. The smallest absolute Gasteiger partial charge is 0.157 e. The quantitative estimate of drug-likeness (QED) is 0.906. The van der Waals surface area contributed by atoms with Crippen LogP contribution in [0, 0.1) is 6.92 Å². The van der Waals surface area contributed by atoms with Gasteiger partial charge in [0.2, 0.25) is 0 Å². The van der Waals surface area contributed by atoms with E-state index in [1.165, 1.54) is 30.4 Å². The van der Waals surface area contributed by atoms with Crippen molar-refractivity contribution in [1.29, 1.82) is 0 Å². The Morgan fingerprint density at radius 1 is 1.22 bits per heavy atom. The number of nitrogens with one attached hydrogen (secondary N) is 1. The highest BCUT2D eigenvalue weighted by atomic mass is 15.2. The second-order valence-electron chi connectivity index (χ2n) is 6.34. The Hall–Kier alpha value is -2.30. The van der Waals surface area contributed by atoms with Crippen molar-refractivity contribution in [3.63, 3.8) is 0 Å². The lowest BCUT2D eigenvalue weighted by Gasteiger charge is -2.35. The Morgan fingerprint density at radius 2 is 2.00 bits per heavy atom. The van der Waals surface area contributed by atoms with Crippen LogP contribution in [0.1, 0.15) is 37.3 Å². The number of nitrogen functional groups attached to an aromatic ring is 1. The number of piperidine rings is 1. The highest BCUT2D eigenvalue weighted by Crippen LogP contribution is 2.31. The molecule has 1 aromatic heterocycles. The molecule has 1 atom stereocenters. The fourth-order valence-electron chi connectivity index (χ4n) is 3.06. The van der Waals surface area contributed by atoms with Gasteiger partial charge in [-0.1, -0.05) is 29.8 Å². The molecule has 1 unspecified atom stereocenters. The van der Waals surface area contributed by atoms with Gasteiger partial charge in [0.1, 0.15) is 12.0 Å². The van der Waals surface area contributed by atoms with E-state index in [1.54, 1.807) is 6.33 Å². The van der Waals surface area contributed by atoms with E-state index in [0.29, 0.717) is 24.1 Å². The van der Waals surface area contributed by atoms with Crippen LogP contribution >= 0.6 is 0 Å². The number of aryl methyl sites for hydroxylation is 1. The van der Waals surface area contributed by atoms with Gasteiger partial charge in [0.15, 0.2) is 11.6 Å². The van der Waals surface area contributed by atoms with Crippen LogP contribution in [0.2, 0.25) is 0 Å². The van der Waals surface area contributed by atoms with Gasteiger partial charge in [-0.3, -0.25) is 0 Å². The average molecular weight is 311 g/mol. The number of hydrogen-bond donors (Lipinski definition) is 2. The molecule has 0 amide bonds. The SMILES string of the molecule is Cc1ccc(CNc2ncnc(N3CCCCC3C)c2N)cc1. The van der Waals surface area contributed by atoms with E-state index in [-0.39, 0.29) is 0 Å². The van der Waals surface area contributed by atoms with Crippen molar-refractivity contribution in [2.45, 2.75) is 45.7 Å². The minimum atomic E-state index is 0.478. The van der Waals surface area contributed by atoms with E-state index in [2.05, 4.69) is 58.3 Å². The summed E-state index contributed by atoms with van der Waals surface area (Å²) >= 11 is 0. The van der Waals surface area contributed by atoms with Crippen molar-refractivity contribution in [2.75, 3.05) is 22.5 Å². The average Bonchev–Trinajstić information content (AvgIpc) is 2.56. The molecule has 0 aliphatic carbocycles. The summed E-state index contributed by atoms with van der Waals surface area (Å²) in [6.07, 6.45) is 5.27. The molecule has 1 aliphatic heterocycles. The summed E-state index contributed by atoms with van der Waals surface area (Å²) in [6, 6.07) is 8.94. The molecule has 0 saturated carbocycles. The Kier molecular flexibility index (Phi) is 4.65. The molecular formula is C18H25N5. The fraction of sp³-hybridized carbons (Fsp3) is 0.444. The minimum absolute atomic E-state index is 0.478. The molecule has 3 N–H and O–H groups in total. The summed E-state index contributed by atoms with van der Waals surface area (Å²) in [5.74, 6) is 1.58. The molecule has 0 radical (unpaired) electrons. The molecule has 122 valence electrons. The third kappa shape index (κ3) is 3.55. The molecule has 5 heteroatoms. The number of hydrogen-bond acceptors (Lipinski definition) is 5. The number of anilines is 3. The lowest BCUT2D eigenvalue weighted by Crippen LogP contribution is -2.38. The van der Waals surface area contributed by atoms with E-state index >= 15 is 0 Å². The largest absolute Gasteiger partial charge is 0.393 e. The summed E-state index contributed by atoms with van der Waals surface area (Å²) in [6.45, 7) is 6.04. The fourth-order valence-corrected chi connectivity index (χ4v) is 3.06. The number of nitrogens with two attached hydrogens (primary N) is 1. The number of benzene rings is 1. The van der Waals surface area contributed by atoms with Crippen LogP contribution in [0.15, 0.2) is 30.6 Å². The maximum atomic E-state index is 6.34. The topological polar surface area (TPSA) is 67.1 Å². The van der Waals surface area contributed by atoms with Gasteiger partial charge >= 0.3 is 0 Å². The summed E-state index contributed by atoms with van der Waals surface area (Å²) < 4.78 is 0. The van der Waals surface area contributed by atoms with Crippen molar-refractivity contribution in [3.05, 3.63) is 41.7 Å². The lowest BCUT2D eigenvalue weighted by atomic mass is 10.0. The molecule has 1 aromatic carbocycles. The van der Waals surface area contributed by atoms with Crippen LogP contribution in [-0.2, 0) is 6.54 Å². The first-order chi connectivity index (χ1) is 11.1. The van der Waals surface area contributed by atoms with Gasteiger partial charge < -0.3 is 16.0 Å². The van der Waals surface area contributed by atoms with E-state index in [9.17, 15) is 0 Å². The molecule has 0 bridgehead atoms. The maximum absolute atomic E-state index is 6.34. The van der Waals surface area contributed by atoms with Gasteiger partial charge in [0, 0.05) is 19.1 Å². The Balaban J connectivity index is 1.75. The molecule has 1 fully saturated rings. The van der Waals surface area contributed by atoms with Crippen molar-refractivity contribution < 1.29 is 0 Å². The first-order valence-corrected chi connectivity index (χ1v) is 8.31. The molecule has 2 aromatic rings. The number of nitrogens with zero attached hydrogens (tertiary/aromatic N) is 3. The predicted molar refractivity (Wildman–Crippen MR) is 95.6 cm³/mol. The van der Waals surface area contributed by atoms with Crippen molar-refractivity contribution >= 4 is 17.3 Å². The Bertz CT molecular complexity index is 653. The van der Waals surface area contributed by atoms with Crippen LogP contribution in [0.25, 0.3) is 0 Å². The van der Waals surface area contributed by atoms with Crippen molar-refractivity contribution in [3.8, 4) is 0 Å². The van der Waals surface area contributed by atoms with Crippen molar-refractivity contribution in [1.82, 2.24) is 9.97 Å². The van der Waals surface area contributed by atoms with Gasteiger partial charge in [-0.25, -0.2) is 9.97 Å². The standard InChI is InChI=1S/C18H25N5/c1-13-6-8-15(9-7-13)11-20-17-16(19)18(22-12-21-17)23-10-4-3-5-14(23)2/h6-9,12,14H,3-5,10-11,19H2,1-2H3,(H,20,21,22). The van der Waals surface area contributed by atoms with Gasteiger partial charge in [-0.15, -0.1) is 0 Å². The second-order valence-corrected chi connectivity index (χ2v) is 6.34. The van der Waals surface area contributed by atoms with E-state index in [4.69, 9.17) is 5.73 Å². The zero-order valence-electron chi connectivity index (χ0n) is 13.9. The monoisotopic (exact) mass is 311 g/mol. The maximum Gasteiger partial charge on any atom is 0.157 e. The summed E-state index contributed by atoms with van der Waals surface area (Å²) in [4.78, 5) is 11.1. The molecule has 2 heterocycles. The zero-order chi connectivity index (χ0) is 16.2. The molecule has 1 aliphatic rings. The van der Waals surface area contributed by atoms with E-state index in [1.807, 2.05) is 0 Å². The third-order valence-electron chi connectivity index (χ3n) is 4.52. The number of aromatic nitrogens is 2. The van der Waals surface area contributed by atoms with Gasteiger partial charge in [0.05, 0.1) is 0 Å². The highest BCUT2D eigenvalue weighted by molar-refractivity contribution is 5.75. The normalized spacial score (nSPS) is 18.0. The molecule has 5 nitrogen and oxygen atoms in total. The van der Waals surface area contributed by atoms with Crippen LogP contribution in [-0.4, -0.2) is 22.6 Å². The molecule has 3 rings (SSSR count). The van der Waals surface area contributed by atoms with Gasteiger partial charge in [0.25, 0.3) is 0 Å². The van der Waals surface area contributed by atoms with Gasteiger partial charge in [-0.05, 0) is 38.7 Å². The predicted octanol–water partition coefficient (Wildman–Crippen LogP) is 3.36. The first kappa shape index (κ1) is 15.6. The summed E-state index contributed by atoms with van der Waals surface area (Å²) in [5, 5.41) is 3.34. The second kappa shape index (κ2) is 6.86. The Labute approximate surface area is 137 Å². The highest BCUT2D eigenvalue weighted by Gasteiger charge is 2.22. The molecular weight excluding hydrogens is 286 g/mol. The summed E-state index contributed by atoms with van der Waals surface area (Å²) in [7, 11) is 0. The van der Waals surface area contributed by atoms with Crippen LogP contribution in [0.4, 0.5) is 17.3 Å². The van der Waals surface area contributed by atoms with Crippen LogP contribution in [0.5, 0.6) is 0 Å². The van der Waals surface area contributed by atoms with E-state index in [0.717, 1.165) is 12.4 Å². The molecule has 23 heavy (non-hydrogen) atoms. The van der Waals surface area contributed by atoms with Crippen molar-refractivity contribution in [2.24, 2.45) is 0 Å². The zero-order valence-corrected chi connectivity index (χ0v) is 13.9. The molecule has 0 spiro atoms. The van der Waals surface area contributed by atoms with Gasteiger partial charge in [-0.2, -0.15) is 0 Å².